The number of thiazole rings is 1. The number of anilines is 1. The van der Waals surface area contributed by atoms with Gasteiger partial charge in [-0.3, -0.25) is 9.59 Å². The van der Waals surface area contributed by atoms with Gasteiger partial charge in [0.25, 0.3) is 0 Å². The minimum absolute atomic E-state index is 0.0798. The Morgan fingerprint density at radius 2 is 2.21 bits per heavy atom. The molecule has 0 radical (unpaired) electrons. The van der Waals surface area contributed by atoms with Crippen LogP contribution >= 0.6 is 11.3 Å². The number of carbonyl (C=O) groups excluding carboxylic acids is 2. The molecule has 1 aromatic heterocycles. The number of rotatable bonds is 3. The number of amides is 2. The Kier molecular flexibility index (Phi) is 3.50. The highest BCUT2D eigenvalue weighted by atomic mass is 32.1. The van der Waals surface area contributed by atoms with Crippen molar-refractivity contribution in [2.24, 2.45) is 5.92 Å². The first-order chi connectivity index (χ1) is 9.24. The lowest BCUT2D eigenvalue weighted by Gasteiger charge is -2.23. The summed E-state index contributed by atoms with van der Waals surface area (Å²) in [7, 11) is 0. The van der Waals surface area contributed by atoms with Gasteiger partial charge < -0.3 is 10.2 Å². The maximum absolute atomic E-state index is 12.1. The van der Waals surface area contributed by atoms with Gasteiger partial charge >= 0.3 is 0 Å². The van der Waals surface area contributed by atoms with Crippen LogP contribution in [0.5, 0.6) is 0 Å². The van der Waals surface area contributed by atoms with Crippen molar-refractivity contribution in [1.29, 1.82) is 0 Å². The molecule has 3 rings (SSSR count). The van der Waals surface area contributed by atoms with E-state index in [0.29, 0.717) is 24.1 Å². The predicted octanol–water partition coefficient (Wildman–Crippen LogP) is 1.87. The molecule has 1 aliphatic heterocycles. The van der Waals surface area contributed by atoms with Crippen molar-refractivity contribution in [3.8, 4) is 0 Å². The second kappa shape index (κ2) is 5.28. The Bertz CT molecular complexity index is 468. The standard InChI is InChI=1S/C13H17N3O2S/c17-11-7-9(8-16(11)10-3-1-2-4-10)12(18)15-13-14-5-6-19-13/h5-6,9-10H,1-4,7-8H2,(H,14,15,18). The molecular formula is C13H17N3O2S. The van der Waals surface area contributed by atoms with Crippen LogP contribution in [0.25, 0.3) is 0 Å². The summed E-state index contributed by atoms with van der Waals surface area (Å²) >= 11 is 1.40. The van der Waals surface area contributed by atoms with Crippen molar-refractivity contribution in [2.45, 2.75) is 38.1 Å². The lowest BCUT2D eigenvalue weighted by atomic mass is 10.1. The average Bonchev–Trinajstić information content (AvgIpc) is 3.07. The summed E-state index contributed by atoms with van der Waals surface area (Å²) in [5, 5.41) is 5.21. The highest BCUT2D eigenvalue weighted by Gasteiger charge is 2.38. The number of carbonyl (C=O) groups is 2. The Morgan fingerprint density at radius 3 is 2.89 bits per heavy atom. The smallest absolute Gasteiger partial charge is 0.231 e. The number of aromatic nitrogens is 1. The van der Waals surface area contributed by atoms with Crippen molar-refractivity contribution in [3.63, 3.8) is 0 Å². The third kappa shape index (κ3) is 2.63. The van der Waals surface area contributed by atoms with Crippen LogP contribution < -0.4 is 5.32 Å². The number of nitrogens with zero attached hydrogens (tertiary/aromatic N) is 2. The van der Waals surface area contributed by atoms with Crippen LogP contribution in [0, 0.1) is 5.92 Å². The highest BCUT2D eigenvalue weighted by Crippen LogP contribution is 2.30. The van der Waals surface area contributed by atoms with Crippen molar-refractivity contribution < 1.29 is 9.59 Å². The maximum atomic E-state index is 12.1. The van der Waals surface area contributed by atoms with Gasteiger partial charge in [0.2, 0.25) is 11.8 Å². The first-order valence-electron chi connectivity index (χ1n) is 6.74. The zero-order chi connectivity index (χ0) is 13.2. The zero-order valence-electron chi connectivity index (χ0n) is 10.7. The van der Waals surface area contributed by atoms with E-state index in [4.69, 9.17) is 0 Å². The molecule has 2 aliphatic rings. The summed E-state index contributed by atoms with van der Waals surface area (Å²) in [5.41, 5.74) is 0. The van der Waals surface area contributed by atoms with Gasteiger partial charge in [-0.15, -0.1) is 11.3 Å². The minimum Gasteiger partial charge on any atom is -0.339 e. The lowest BCUT2D eigenvalue weighted by molar-refractivity contribution is -0.129. The number of hydrogen-bond donors (Lipinski definition) is 1. The number of likely N-dealkylation sites (tertiary alicyclic amines) is 1. The summed E-state index contributed by atoms with van der Waals surface area (Å²) < 4.78 is 0. The van der Waals surface area contributed by atoms with Crippen molar-refractivity contribution in [3.05, 3.63) is 11.6 Å². The Hall–Kier alpha value is -1.43. The van der Waals surface area contributed by atoms with E-state index >= 15 is 0 Å². The molecule has 2 heterocycles. The van der Waals surface area contributed by atoms with E-state index in [9.17, 15) is 9.59 Å². The van der Waals surface area contributed by atoms with Gasteiger partial charge in [0, 0.05) is 30.6 Å². The molecule has 5 nitrogen and oxygen atoms in total. The molecular weight excluding hydrogens is 262 g/mol. The zero-order valence-corrected chi connectivity index (χ0v) is 11.5. The van der Waals surface area contributed by atoms with E-state index < -0.39 is 0 Å². The summed E-state index contributed by atoms with van der Waals surface area (Å²) in [6.45, 7) is 0.570. The molecule has 0 bridgehead atoms. The van der Waals surface area contributed by atoms with E-state index in [2.05, 4.69) is 10.3 Å². The molecule has 6 heteroatoms. The molecule has 2 amide bonds. The molecule has 19 heavy (non-hydrogen) atoms. The van der Waals surface area contributed by atoms with Gasteiger partial charge in [-0.25, -0.2) is 4.98 Å². The molecule has 1 atom stereocenters. The second-order valence-electron chi connectivity index (χ2n) is 5.21. The van der Waals surface area contributed by atoms with Crippen LogP contribution in [0.4, 0.5) is 5.13 Å². The fourth-order valence-corrected chi connectivity index (χ4v) is 3.50. The highest BCUT2D eigenvalue weighted by molar-refractivity contribution is 7.13. The predicted molar refractivity (Wildman–Crippen MR) is 72.8 cm³/mol. The van der Waals surface area contributed by atoms with Gasteiger partial charge in [-0.05, 0) is 12.8 Å². The topological polar surface area (TPSA) is 62.3 Å². The Balaban J connectivity index is 1.60. The fourth-order valence-electron chi connectivity index (χ4n) is 2.97. The summed E-state index contributed by atoms with van der Waals surface area (Å²) in [6, 6.07) is 0.366. The van der Waals surface area contributed by atoms with Crippen LogP contribution in [0.3, 0.4) is 0 Å². The van der Waals surface area contributed by atoms with Crippen LogP contribution in [0.1, 0.15) is 32.1 Å². The molecule has 1 saturated carbocycles. The van der Waals surface area contributed by atoms with Crippen LogP contribution in [0.15, 0.2) is 11.6 Å². The van der Waals surface area contributed by atoms with Gasteiger partial charge in [0.1, 0.15) is 0 Å². The van der Waals surface area contributed by atoms with Crippen molar-refractivity contribution in [2.75, 3.05) is 11.9 Å². The Labute approximate surface area is 116 Å². The van der Waals surface area contributed by atoms with Gasteiger partial charge in [-0.2, -0.15) is 0 Å². The third-order valence-corrected chi connectivity index (χ3v) is 4.65. The molecule has 1 unspecified atom stereocenters. The molecule has 1 aromatic rings. The molecule has 0 spiro atoms. The van der Waals surface area contributed by atoms with E-state index in [1.165, 1.54) is 24.2 Å². The summed E-state index contributed by atoms with van der Waals surface area (Å²) in [5.74, 6) is -0.174. The monoisotopic (exact) mass is 279 g/mol. The van der Waals surface area contributed by atoms with E-state index in [1.54, 1.807) is 6.20 Å². The maximum Gasteiger partial charge on any atom is 0.231 e. The first-order valence-corrected chi connectivity index (χ1v) is 7.62. The minimum atomic E-state index is -0.225. The molecule has 1 N–H and O–H groups in total. The normalized spacial score (nSPS) is 24.1. The van der Waals surface area contributed by atoms with Crippen LogP contribution in [-0.2, 0) is 9.59 Å². The van der Waals surface area contributed by atoms with Gasteiger partial charge in [0.05, 0.1) is 5.92 Å². The SMILES string of the molecule is O=C(Nc1nccs1)C1CC(=O)N(C2CCCC2)C1. The lowest BCUT2D eigenvalue weighted by Crippen LogP contribution is -2.35. The van der Waals surface area contributed by atoms with E-state index in [1.807, 2.05) is 10.3 Å². The third-order valence-electron chi connectivity index (χ3n) is 3.96. The average molecular weight is 279 g/mol. The van der Waals surface area contributed by atoms with Gasteiger partial charge in [0.15, 0.2) is 5.13 Å². The second-order valence-corrected chi connectivity index (χ2v) is 6.11. The van der Waals surface area contributed by atoms with Crippen LogP contribution in [0.2, 0.25) is 0 Å². The largest absolute Gasteiger partial charge is 0.339 e. The van der Waals surface area contributed by atoms with Gasteiger partial charge in [-0.1, -0.05) is 12.8 Å². The summed E-state index contributed by atoms with van der Waals surface area (Å²) in [4.78, 5) is 30.1. The van der Waals surface area contributed by atoms with Crippen molar-refractivity contribution in [1.82, 2.24) is 9.88 Å². The first kappa shape index (κ1) is 12.6. The fraction of sp³-hybridized carbons (Fsp3) is 0.615. The quantitative estimate of drug-likeness (QED) is 0.918. The van der Waals surface area contributed by atoms with E-state index in [0.717, 1.165) is 12.8 Å². The Morgan fingerprint density at radius 1 is 1.42 bits per heavy atom. The van der Waals surface area contributed by atoms with Crippen LogP contribution in [-0.4, -0.2) is 34.3 Å². The molecule has 102 valence electrons. The molecule has 2 fully saturated rings. The molecule has 0 aromatic carbocycles. The summed E-state index contributed by atoms with van der Waals surface area (Å²) in [6.07, 6.45) is 6.58. The molecule has 1 aliphatic carbocycles. The number of nitrogens with one attached hydrogen (secondary N) is 1. The van der Waals surface area contributed by atoms with E-state index in [-0.39, 0.29) is 17.7 Å². The van der Waals surface area contributed by atoms with Crippen molar-refractivity contribution >= 4 is 28.3 Å². The number of hydrogen-bond acceptors (Lipinski definition) is 4. The molecule has 1 saturated heterocycles.